The zero-order valence-electron chi connectivity index (χ0n) is 8.16. The first-order valence-corrected chi connectivity index (χ1v) is 5.01. The molecule has 0 aliphatic heterocycles. The predicted molar refractivity (Wildman–Crippen MR) is 57.7 cm³/mol. The van der Waals surface area contributed by atoms with Crippen LogP contribution in [0.4, 0.5) is 0 Å². The Morgan fingerprint density at radius 3 is 2.87 bits per heavy atom. The maximum atomic E-state index is 11.7. The molecular formula is C12H10N2O. The van der Waals surface area contributed by atoms with Gasteiger partial charge in [-0.25, -0.2) is 5.10 Å². The molecule has 2 aromatic rings. The SMILES string of the molecule is O=c1[nH]ncc2c1-c1ccccc1CC2. The third-order valence-corrected chi connectivity index (χ3v) is 2.89. The molecule has 1 aromatic carbocycles. The highest BCUT2D eigenvalue weighted by Gasteiger charge is 2.18. The molecule has 3 nitrogen and oxygen atoms in total. The number of hydrogen-bond donors (Lipinski definition) is 1. The molecule has 1 aliphatic rings. The quantitative estimate of drug-likeness (QED) is 0.697. The van der Waals surface area contributed by atoms with E-state index in [4.69, 9.17) is 0 Å². The molecule has 0 saturated heterocycles. The van der Waals surface area contributed by atoms with Crippen LogP contribution < -0.4 is 5.56 Å². The molecule has 0 radical (unpaired) electrons. The van der Waals surface area contributed by atoms with Crippen LogP contribution in [0.1, 0.15) is 11.1 Å². The van der Waals surface area contributed by atoms with E-state index in [2.05, 4.69) is 16.3 Å². The molecule has 0 fully saturated rings. The topological polar surface area (TPSA) is 45.8 Å². The smallest absolute Gasteiger partial charge is 0.267 e. The van der Waals surface area contributed by atoms with Crippen molar-refractivity contribution in [3.63, 3.8) is 0 Å². The number of nitrogens with one attached hydrogen (secondary N) is 1. The number of aryl methyl sites for hydroxylation is 2. The van der Waals surface area contributed by atoms with Crippen molar-refractivity contribution in [2.45, 2.75) is 12.8 Å². The largest absolute Gasteiger partial charge is 0.272 e. The molecule has 15 heavy (non-hydrogen) atoms. The number of hydrogen-bond acceptors (Lipinski definition) is 2. The van der Waals surface area contributed by atoms with Crippen LogP contribution in [-0.2, 0) is 12.8 Å². The fraction of sp³-hybridized carbons (Fsp3) is 0.167. The second-order valence-corrected chi connectivity index (χ2v) is 3.76. The highest BCUT2D eigenvalue weighted by molar-refractivity contribution is 5.71. The van der Waals surface area contributed by atoms with Crippen molar-refractivity contribution >= 4 is 0 Å². The summed E-state index contributed by atoms with van der Waals surface area (Å²) in [4.78, 5) is 11.7. The Kier molecular flexibility index (Phi) is 1.71. The average Bonchev–Trinajstić information content (AvgIpc) is 2.29. The molecule has 3 heteroatoms. The zero-order valence-corrected chi connectivity index (χ0v) is 8.16. The van der Waals surface area contributed by atoms with Gasteiger partial charge in [-0.15, -0.1) is 0 Å². The van der Waals surface area contributed by atoms with Crippen molar-refractivity contribution in [1.29, 1.82) is 0 Å². The van der Waals surface area contributed by atoms with Gasteiger partial charge in [-0.3, -0.25) is 4.79 Å². The first-order chi connectivity index (χ1) is 7.36. The van der Waals surface area contributed by atoms with E-state index in [1.807, 2.05) is 18.2 Å². The van der Waals surface area contributed by atoms with E-state index >= 15 is 0 Å². The lowest BCUT2D eigenvalue weighted by Gasteiger charge is -2.17. The summed E-state index contributed by atoms with van der Waals surface area (Å²) in [5.41, 5.74) is 4.08. The second kappa shape index (κ2) is 3.05. The van der Waals surface area contributed by atoms with E-state index in [0.717, 1.165) is 29.5 Å². The number of fused-ring (bicyclic) bond motifs is 3. The van der Waals surface area contributed by atoms with Crippen molar-refractivity contribution in [1.82, 2.24) is 10.2 Å². The summed E-state index contributed by atoms with van der Waals surface area (Å²) in [6.07, 6.45) is 3.66. The van der Waals surface area contributed by atoms with Gasteiger partial charge in [-0.2, -0.15) is 5.10 Å². The Bertz CT molecular complexity index is 572. The number of aromatic nitrogens is 2. The van der Waals surface area contributed by atoms with E-state index in [1.54, 1.807) is 6.20 Å². The van der Waals surface area contributed by atoms with Gasteiger partial charge in [0.25, 0.3) is 5.56 Å². The van der Waals surface area contributed by atoms with E-state index in [-0.39, 0.29) is 5.56 Å². The van der Waals surface area contributed by atoms with Crippen LogP contribution in [0.25, 0.3) is 11.1 Å². The lowest BCUT2D eigenvalue weighted by Crippen LogP contribution is -2.17. The summed E-state index contributed by atoms with van der Waals surface area (Å²) >= 11 is 0. The van der Waals surface area contributed by atoms with Crippen LogP contribution in [0.2, 0.25) is 0 Å². The minimum atomic E-state index is -0.0837. The van der Waals surface area contributed by atoms with Gasteiger partial charge in [-0.1, -0.05) is 24.3 Å². The van der Waals surface area contributed by atoms with E-state index in [1.165, 1.54) is 5.56 Å². The van der Waals surface area contributed by atoms with Crippen molar-refractivity contribution in [3.05, 3.63) is 51.9 Å². The van der Waals surface area contributed by atoms with E-state index < -0.39 is 0 Å². The molecule has 1 N–H and O–H groups in total. The van der Waals surface area contributed by atoms with Crippen LogP contribution in [0, 0.1) is 0 Å². The molecule has 0 amide bonds. The third kappa shape index (κ3) is 1.20. The Hall–Kier alpha value is -1.90. The van der Waals surface area contributed by atoms with Gasteiger partial charge < -0.3 is 0 Å². The average molecular weight is 198 g/mol. The van der Waals surface area contributed by atoms with Crippen molar-refractivity contribution in [2.75, 3.05) is 0 Å². The minimum Gasteiger partial charge on any atom is -0.267 e. The van der Waals surface area contributed by atoms with Crippen molar-refractivity contribution in [3.8, 4) is 11.1 Å². The summed E-state index contributed by atoms with van der Waals surface area (Å²) in [5, 5.41) is 6.33. The molecule has 0 atom stereocenters. The van der Waals surface area contributed by atoms with Crippen molar-refractivity contribution in [2.24, 2.45) is 0 Å². The minimum absolute atomic E-state index is 0.0837. The van der Waals surface area contributed by atoms with Gasteiger partial charge in [0.2, 0.25) is 0 Å². The number of H-pyrrole nitrogens is 1. The lowest BCUT2D eigenvalue weighted by molar-refractivity contribution is 0.885. The van der Waals surface area contributed by atoms with E-state index in [0.29, 0.717) is 0 Å². The van der Waals surface area contributed by atoms with Crippen LogP contribution in [-0.4, -0.2) is 10.2 Å². The van der Waals surface area contributed by atoms with Gasteiger partial charge in [0.1, 0.15) is 0 Å². The fourth-order valence-electron chi connectivity index (χ4n) is 2.17. The maximum absolute atomic E-state index is 11.7. The molecule has 1 aliphatic carbocycles. The normalized spacial score (nSPS) is 13.1. The number of rotatable bonds is 0. The Labute approximate surface area is 86.8 Å². The predicted octanol–water partition coefficient (Wildman–Crippen LogP) is 1.54. The number of benzene rings is 1. The molecule has 3 rings (SSSR count). The Balaban J connectivity index is 2.38. The molecule has 0 bridgehead atoms. The fourth-order valence-corrected chi connectivity index (χ4v) is 2.17. The standard InChI is InChI=1S/C12H10N2O/c15-12-11-9(7-13-14-12)6-5-8-3-1-2-4-10(8)11/h1-4,7H,5-6H2,(H,14,15). The Morgan fingerprint density at radius 2 is 1.93 bits per heavy atom. The first kappa shape index (κ1) is 8.41. The first-order valence-electron chi connectivity index (χ1n) is 5.01. The van der Waals surface area contributed by atoms with Crippen LogP contribution >= 0.6 is 0 Å². The van der Waals surface area contributed by atoms with E-state index in [9.17, 15) is 4.79 Å². The van der Waals surface area contributed by atoms with Gasteiger partial charge in [0, 0.05) is 0 Å². The Morgan fingerprint density at radius 1 is 1.13 bits per heavy atom. The summed E-state index contributed by atoms with van der Waals surface area (Å²) in [5.74, 6) is 0. The van der Waals surface area contributed by atoms with Gasteiger partial charge >= 0.3 is 0 Å². The van der Waals surface area contributed by atoms with Crippen molar-refractivity contribution < 1.29 is 0 Å². The summed E-state index contributed by atoms with van der Waals surface area (Å²) in [6.45, 7) is 0. The van der Waals surface area contributed by atoms with Crippen LogP contribution in [0.15, 0.2) is 35.3 Å². The molecule has 0 spiro atoms. The van der Waals surface area contributed by atoms with Gasteiger partial charge in [-0.05, 0) is 29.5 Å². The summed E-state index contributed by atoms with van der Waals surface area (Å²) in [6, 6.07) is 8.06. The third-order valence-electron chi connectivity index (χ3n) is 2.89. The van der Waals surface area contributed by atoms with Crippen LogP contribution in [0.3, 0.4) is 0 Å². The highest BCUT2D eigenvalue weighted by Crippen LogP contribution is 2.29. The van der Waals surface area contributed by atoms with Gasteiger partial charge in [0.15, 0.2) is 0 Å². The number of nitrogens with zero attached hydrogens (tertiary/aromatic N) is 1. The molecule has 1 aromatic heterocycles. The molecule has 74 valence electrons. The van der Waals surface area contributed by atoms with Crippen LogP contribution in [0.5, 0.6) is 0 Å². The second-order valence-electron chi connectivity index (χ2n) is 3.76. The zero-order chi connectivity index (χ0) is 10.3. The highest BCUT2D eigenvalue weighted by atomic mass is 16.1. The molecule has 1 heterocycles. The summed E-state index contributed by atoms with van der Waals surface area (Å²) in [7, 11) is 0. The molecule has 0 unspecified atom stereocenters. The number of aromatic amines is 1. The summed E-state index contributed by atoms with van der Waals surface area (Å²) < 4.78 is 0. The maximum Gasteiger partial charge on any atom is 0.272 e. The molecule has 0 saturated carbocycles. The lowest BCUT2D eigenvalue weighted by atomic mass is 9.87. The van der Waals surface area contributed by atoms with Gasteiger partial charge in [0.05, 0.1) is 11.8 Å². The molecular weight excluding hydrogens is 188 g/mol. The monoisotopic (exact) mass is 198 g/mol.